The fourth-order valence-electron chi connectivity index (χ4n) is 0.800. The zero-order valence-corrected chi connectivity index (χ0v) is 11.9. The topological polar surface area (TPSA) is 49.4 Å². The molecule has 1 aromatic carbocycles. The van der Waals surface area contributed by atoms with Crippen LogP contribution in [-0.4, -0.2) is 15.9 Å². The second kappa shape index (κ2) is 6.19. The third-order valence-electron chi connectivity index (χ3n) is 1.39. The van der Waals surface area contributed by atoms with Crippen molar-refractivity contribution in [1.29, 1.82) is 0 Å². The van der Waals surface area contributed by atoms with Gasteiger partial charge in [-0.2, -0.15) is 0 Å². The Labute approximate surface area is 114 Å². The van der Waals surface area contributed by atoms with E-state index < -0.39 is 16.9 Å². The molecule has 0 heterocycles. The van der Waals surface area contributed by atoms with Crippen LogP contribution in [0.15, 0.2) is 21.5 Å². The standard InChI is InChI=1S/C7H6BrFO3S.Na/c1-12-6-3-5(9)4(8)2-7(6)13(10)11;/h2-3H,1H3,(H,10,11);/q;+1/p-1. The van der Waals surface area contributed by atoms with Gasteiger partial charge in [-0.05, 0) is 33.1 Å². The molecule has 1 atom stereocenters. The van der Waals surface area contributed by atoms with Gasteiger partial charge in [0.15, 0.2) is 0 Å². The van der Waals surface area contributed by atoms with E-state index in [0.717, 1.165) is 12.1 Å². The van der Waals surface area contributed by atoms with Crippen molar-refractivity contribution < 1.29 is 47.4 Å². The van der Waals surface area contributed by atoms with Gasteiger partial charge in [-0.1, -0.05) is 0 Å². The van der Waals surface area contributed by atoms with E-state index in [1.165, 1.54) is 7.11 Å². The summed E-state index contributed by atoms with van der Waals surface area (Å²) in [6.07, 6.45) is 0. The van der Waals surface area contributed by atoms with Gasteiger partial charge in [-0.15, -0.1) is 0 Å². The first-order valence-corrected chi connectivity index (χ1v) is 5.05. The Bertz CT molecular complexity index is 361. The van der Waals surface area contributed by atoms with Crippen LogP contribution < -0.4 is 34.3 Å². The van der Waals surface area contributed by atoms with E-state index in [4.69, 9.17) is 0 Å². The molecular formula is C7H5BrFNaO3S. The molecule has 0 fully saturated rings. The van der Waals surface area contributed by atoms with Gasteiger partial charge in [0, 0.05) is 6.07 Å². The Balaban J connectivity index is 0.00000169. The van der Waals surface area contributed by atoms with Crippen molar-refractivity contribution in [2.24, 2.45) is 0 Å². The third kappa shape index (κ3) is 3.29. The number of hydrogen-bond acceptors (Lipinski definition) is 3. The fraction of sp³-hybridized carbons (Fsp3) is 0.143. The summed E-state index contributed by atoms with van der Waals surface area (Å²) in [5.41, 5.74) is 0. The van der Waals surface area contributed by atoms with Gasteiger partial charge < -0.3 is 9.29 Å². The van der Waals surface area contributed by atoms with Gasteiger partial charge >= 0.3 is 29.6 Å². The summed E-state index contributed by atoms with van der Waals surface area (Å²) in [6, 6.07) is 2.16. The van der Waals surface area contributed by atoms with Crippen molar-refractivity contribution in [3.05, 3.63) is 22.4 Å². The smallest absolute Gasteiger partial charge is 0.768 e. The van der Waals surface area contributed by atoms with Gasteiger partial charge in [-0.3, -0.25) is 4.21 Å². The number of hydrogen-bond donors (Lipinski definition) is 0. The predicted molar refractivity (Wildman–Crippen MR) is 47.8 cm³/mol. The van der Waals surface area contributed by atoms with Crippen LogP contribution in [0.4, 0.5) is 4.39 Å². The van der Waals surface area contributed by atoms with E-state index in [-0.39, 0.29) is 44.7 Å². The van der Waals surface area contributed by atoms with Gasteiger partial charge in [0.25, 0.3) is 0 Å². The summed E-state index contributed by atoms with van der Waals surface area (Å²) in [6.45, 7) is 0. The molecule has 7 heteroatoms. The van der Waals surface area contributed by atoms with Crippen molar-refractivity contribution in [3.8, 4) is 5.75 Å². The minimum absolute atomic E-state index is 0. The summed E-state index contributed by atoms with van der Waals surface area (Å²) in [7, 11) is 1.28. The Kier molecular flexibility index (Phi) is 6.43. The van der Waals surface area contributed by atoms with Gasteiger partial charge in [0.1, 0.15) is 11.6 Å². The fourth-order valence-corrected chi connectivity index (χ4v) is 1.82. The van der Waals surface area contributed by atoms with Crippen LogP contribution in [0.3, 0.4) is 0 Å². The molecule has 3 nitrogen and oxygen atoms in total. The summed E-state index contributed by atoms with van der Waals surface area (Å²) >= 11 is 0.443. The molecule has 1 rings (SSSR count). The van der Waals surface area contributed by atoms with Crippen LogP contribution in [0.2, 0.25) is 0 Å². The van der Waals surface area contributed by atoms with E-state index in [1.807, 2.05) is 0 Å². The van der Waals surface area contributed by atoms with Crippen molar-refractivity contribution in [1.82, 2.24) is 0 Å². The van der Waals surface area contributed by atoms with Crippen LogP contribution in [0.5, 0.6) is 5.75 Å². The number of benzene rings is 1. The molecule has 0 radical (unpaired) electrons. The van der Waals surface area contributed by atoms with E-state index in [1.54, 1.807) is 0 Å². The number of ether oxygens (including phenoxy) is 1. The molecule has 0 aliphatic rings. The molecule has 72 valence electrons. The Hall–Kier alpha value is 0.540. The molecule has 0 aromatic heterocycles. The number of rotatable bonds is 2. The molecule has 0 saturated carbocycles. The largest absolute Gasteiger partial charge is 1.00 e. The SMILES string of the molecule is COc1cc(F)c(Br)cc1S(=O)[O-].[Na+]. The molecule has 0 N–H and O–H groups in total. The molecule has 0 saturated heterocycles. The second-order valence-corrected chi connectivity index (χ2v) is 3.92. The normalized spacial score (nSPS) is 11.7. The van der Waals surface area contributed by atoms with Crippen LogP contribution in [0.1, 0.15) is 0 Å². The first kappa shape index (κ1) is 14.5. The predicted octanol–water partition coefficient (Wildman–Crippen LogP) is -1.16. The molecular weight excluding hydrogens is 286 g/mol. The van der Waals surface area contributed by atoms with Crippen molar-refractivity contribution in [2.75, 3.05) is 7.11 Å². The average Bonchev–Trinajstić information content (AvgIpc) is 2.08. The second-order valence-electron chi connectivity index (χ2n) is 2.15. The maximum Gasteiger partial charge on any atom is 1.00 e. The van der Waals surface area contributed by atoms with Crippen molar-refractivity contribution in [2.45, 2.75) is 4.90 Å². The van der Waals surface area contributed by atoms with Gasteiger partial charge in [0.2, 0.25) is 0 Å². The average molecular weight is 291 g/mol. The summed E-state index contributed by atoms with van der Waals surface area (Å²) in [5, 5.41) is 0. The minimum atomic E-state index is -2.43. The Morgan fingerprint density at radius 1 is 1.57 bits per heavy atom. The van der Waals surface area contributed by atoms with E-state index >= 15 is 0 Å². The Morgan fingerprint density at radius 2 is 2.14 bits per heavy atom. The van der Waals surface area contributed by atoms with Gasteiger partial charge in [-0.25, -0.2) is 4.39 Å². The molecule has 14 heavy (non-hydrogen) atoms. The zero-order valence-electron chi connectivity index (χ0n) is 7.54. The van der Waals surface area contributed by atoms with Crippen LogP contribution >= 0.6 is 15.9 Å². The third-order valence-corrected chi connectivity index (χ3v) is 2.67. The minimum Gasteiger partial charge on any atom is -0.768 e. The molecule has 0 aliphatic heterocycles. The maximum atomic E-state index is 12.9. The van der Waals surface area contributed by atoms with Crippen molar-refractivity contribution >= 4 is 27.0 Å². The number of methoxy groups -OCH3 is 1. The first-order valence-electron chi connectivity index (χ1n) is 3.18. The first-order chi connectivity index (χ1) is 6.06. The Morgan fingerprint density at radius 3 is 2.57 bits per heavy atom. The molecule has 0 bridgehead atoms. The van der Waals surface area contributed by atoms with Crippen LogP contribution in [-0.2, 0) is 11.1 Å². The van der Waals surface area contributed by atoms with E-state index in [2.05, 4.69) is 20.7 Å². The molecule has 0 aliphatic carbocycles. The quantitative estimate of drug-likeness (QED) is 0.510. The zero-order chi connectivity index (χ0) is 10.0. The molecule has 1 unspecified atom stereocenters. The summed E-state index contributed by atoms with van der Waals surface area (Å²) in [5.74, 6) is -0.569. The van der Waals surface area contributed by atoms with E-state index in [9.17, 15) is 13.2 Å². The molecule has 1 aromatic rings. The number of halogens is 2. The summed E-state index contributed by atoms with van der Waals surface area (Å²) in [4.78, 5) is -0.0734. The molecule has 0 spiro atoms. The molecule has 0 amide bonds. The monoisotopic (exact) mass is 290 g/mol. The van der Waals surface area contributed by atoms with Crippen molar-refractivity contribution in [3.63, 3.8) is 0 Å². The van der Waals surface area contributed by atoms with Gasteiger partial charge in [0.05, 0.1) is 16.5 Å². The summed E-state index contributed by atoms with van der Waals surface area (Å²) < 4.78 is 38.9. The van der Waals surface area contributed by atoms with E-state index in [0.29, 0.717) is 0 Å². The maximum absolute atomic E-state index is 12.9. The van der Waals surface area contributed by atoms with Crippen LogP contribution in [0, 0.1) is 5.82 Å². The van der Waals surface area contributed by atoms with Crippen LogP contribution in [0.25, 0.3) is 0 Å².